The lowest BCUT2D eigenvalue weighted by Crippen LogP contribution is -2.43. The molecule has 1 unspecified atom stereocenters. The maximum absolute atomic E-state index is 15.1. The minimum Gasteiger partial charge on any atom is -0.374 e. The summed E-state index contributed by atoms with van der Waals surface area (Å²) in [5.74, 6) is -0.542. The zero-order valence-corrected chi connectivity index (χ0v) is 21.0. The first-order valence-corrected chi connectivity index (χ1v) is 12.2. The SMILES string of the molecule is CC(O)(I)c1ncc(-c2cc3c(NC4(c5ccccc5F)CCC4)c(Cl)cnc3cc2F)cn1. The van der Waals surface area contributed by atoms with Crippen molar-refractivity contribution in [2.75, 3.05) is 5.32 Å². The predicted octanol–water partition coefficient (Wildman–Crippen LogP) is 6.71. The van der Waals surface area contributed by atoms with E-state index >= 15 is 4.39 Å². The number of rotatable bonds is 5. The summed E-state index contributed by atoms with van der Waals surface area (Å²) in [5.41, 5.74) is 1.69. The lowest BCUT2D eigenvalue weighted by atomic mass is 9.71. The van der Waals surface area contributed by atoms with Gasteiger partial charge in [0.25, 0.3) is 0 Å². The Bertz CT molecular complexity index is 1390. The van der Waals surface area contributed by atoms with E-state index in [1.807, 2.05) is 28.7 Å². The van der Waals surface area contributed by atoms with Crippen LogP contribution in [0.4, 0.5) is 14.5 Å². The van der Waals surface area contributed by atoms with Crippen LogP contribution in [0.15, 0.2) is 55.0 Å². The van der Waals surface area contributed by atoms with E-state index in [1.54, 1.807) is 25.1 Å². The molecule has 1 saturated carbocycles. The predicted molar refractivity (Wildman–Crippen MR) is 137 cm³/mol. The maximum Gasteiger partial charge on any atom is 0.172 e. The van der Waals surface area contributed by atoms with E-state index in [0.717, 1.165) is 19.3 Å². The van der Waals surface area contributed by atoms with Crippen LogP contribution < -0.4 is 5.32 Å². The highest BCUT2D eigenvalue weighted by molar-refractivity contribution is 14.1. The molecule has 9 heteroatoms. The van der Waals surface area contributed by atoms with E-state index < -0.39 is 15.0 Å². The molecule has 5 nitrogen and oxygen atoms in total. The number of aliphatic hydroxyl groups is 1. The van der Waals surface area contributed by atoms with Crippen molar-refractivity contribution in [1.82, 2.24) is 15.0 Å². The fourth-order valence-corrected chi connectivity index (χ4v) is 4.80. The number of hydrogen-bond donors (Lipinski definition) is 2. The van der Waals surface area contributed by atoms with Crippen molar-refractivity contribution in [3.05, 3.63) is 83.0 Å². The number of benzene rings is 2. The van der Waals surface area contributed by atoms with Crippen LogP contribution in [0.1, 0.15) is 37.6 Å². The lowest BCUT2D eigenvalue weighted by molar-refractivity contribution is 0.168. The molecule has 0 radical (unpaired) electrons. The molecule has 0 spiro atoms. The Morgan fingerprint density at radius 1 is 1.06 bits per heavy atom. The van der Waals surface area contributed by atoms with Gasteiger partial charge < -0.3 is 10.4 Å². The van der Waals surface area contributed by atoms with Gasteiger partial charge in [0.05, 0.1) is 21.8 Å². The van der Waals surface area contributed by atoms with Gasteiger partial charge in [0.1, 0.15) is 11.6 Å². The average Bonchev–Trinajstić information content (AvgIpc) is 2.77. The molecule has 2 heterocycles. The number of nitrogens with one attached hydrogen (secondary N) is 1. The third-order valence-electron chi connectivity index (χ3n) is 6.24. The molecule has 1 aliphatic rings. The molecule has 0 saturated heterocycles. The quantitative estimate of drug-likeness (QED) is 0.199. The molecular formula is C25H20ClF2IN4O. The van der Waals surface area contributed by atoms with E-state index in [9.17, 15) is 9.50 Å². The topological polar surface area (TPSA) is 70.9 Å². The first-order chi connectivity index (χ1) is 16.2. The Balaban J connectivity index is 1.62. The van der Waals surface area contributed by atoms with E-state index in [1.165, 1.54) is 30.7 Å². The Hall–Kier alpha value is -2.43. The molecule has 34 heavy (non-hydrogen) atoms. The third kappa shape index (κ3) is 4.12. The minimum atomic E-state index is -1.24. The van der Waals surface area contributed by atoms with Gasteiger partial charge in [0, 0.05) is 46.7 Å². The van der Waals surface area contributed by atoms with Gasteiger partial charge >= 0.3 is 0 Å². The fourth-order valence-electron chi connectivity index (χ4n) is 4.32. The lowest BCUT2D eigenvalue weighted by Gasteiger charge is -2.44. The van der Waals surface area contributed by atoms with Crippen LogP contribution in [0.25, 0.3) is 22.0 Å². The van der Waals surface area contributed by atoms with E-state index in [2.05, 4.69) is 20.3 Å². The molecule has 4 aromatic rings. The van der Waals surface area contributed by atoms with Crippen molar-refractivity contribution >= 4 is 50.8 Å². The summed E-state index contributed by atoms with van der Waals surface area (Å²) >= 11 is 8.38. The summed E-state index contributed by atoms with van der Waals surface area (Å²) in [7, 11) is 0. The Kier molecular flexibility index (Phi) is 5.94. The molecule has 1 fully saturated rings. The zero-order valence-electron chi connectivity index (χ0n) is 18.1. The van der Waals surface area contributed by atoms with E-state index in [0.29, 0.717) is 32.7 Å². The van der Waals surface area contributed by atoms with Gasteiger partial charge in [-0.1, -0.05) is 29.8 Å². The maximum atomic E-state index is 15.1. The normalized spacial score (nSPS) is 16.6. The Labute approximate surface area is 213 Å². The summed E-state index contributed by atoms with van der Waals surface area (Å²) < 4.78 is 28.5. The van der Waals surface area contributed by atoms with Gasteiger partial charge in [-0.2, -0.15) is 0 Å². The number of halogens is 4. The fraction of sp³-hybridized carbons (Fsp3) is 0.240. The highest BCUT2D eigenvalue weighted by atomic mass is 127. The van der Waals surface area contributed by atoms with Crippen molar-refractivity contribution in [1.29, 1.82) is 0 Å². The van der Waals surface area contributed by atoms with Crippen molar-refractivity contribution in [2.24, 2.45) is 0 Å². The first kappa shape index (κ1) is 23.3. The number of anilines is 1. The van der Waals surface area contributed by atoms with Crippen LogP contribution >= 0.6 is 34.2 Å². The van der Waals surface area contributed by atoms with Crippen molar-refractivity contribution in [2.45, 2.75) is 35.3 Å². The van der Waals surface area contributed by atoms with Gasteiger partial charge in [-0.15, -0.1) is 0 Å². The van der Waals surface area contributed by atoms with E-state index in [-0.39, 0.29) is 17.2 Å². The molecule has 1 atom stereocenters. The van der Waals surface area contributed by atoms with Gasteiger partial charge in [-0.05, 0) is 60.9 Å². The van der Waals surface area contributed by atoms with Gasteiger partial charge in [-0.3, -0.25) is 4.98 Å². The molecule has 2 N–H and O–H groups in total. The van der Waals surface area contributed by atoms with Gasteiger partial charge in [0.15, 0.2) is 9.43 Å². The highest BCUT2D eigenvalue weighted by Gasteiger charge is 2.41. The van der Waals surface area contributed by atoms with Crippen LogP contribution in [0.5, 0.6) is 0 Å². The van der Waals surface area contributed by atoms with E-state index in [4.69, 9.17) is 11.6 Å². The smallest absolute Gasteiger partial charge is 0.172 e. The molecule has 2 aromatic heterocycles. The standard InChI is InChI=1S/C25H20ClF2IN4O/c1-24(29,34)23-31-11-14(12-32-23)15-9-16-21(10-20(15)28)30-13-18(26)22(16)33-25(7-4-8-25)17-5-2-3-6-19(17)27/h2-3,5-6,9-13,34H,4,7-8H2,1H3,(H,30,33). The summed E-state index contributed by atoms with van der Waals surface area (Å²) in [6, 6.07) is 9.71. The number of fused-ring (bicyclic) bond motifs is 1. The molecule has 2 aromatic carbocycles. The van der Waals surface area contributed by atoms with Crippen LogP contribution in [-0.2, 0) is 9.15 Å². The number of nitrogens with zero attached hydrogens (tertiary/aromatic N) is 3. The van der Waals surface area contributed by atoms with Crippen molar-refractivity contribution in [3.8, 4) is 11.1 Å². The molecular weight excluding hydrogens is 573 g/mol. The molecule has 0 amide bonds. The zero-order chi connectivity index (χ0) is 24.1. The monoisotopic (exact) mass is 592 g/mol. The summed E-state index contributed by atoms with van der Waals surface area (Å²) in [6.45, 7) is 1.57. The average molecular weight is 593 g/mol. The first-order valence-electron chi connectivity index (χ1n) is 10.7. The number of aromatic nitrogens is 3. The molecule has 5 rings (SSSR count). The number of alkyl halides is 1. The summed E-state index contributed by atoms with van der Waals surface area (Å²) in [4.78, 5) is 12.7. The number of pyridine rings is 1. The van der Waals surface area contributed by atoms with Crippen molar-refractivity contribution in [3.63, 3.8) is 0 Å². The van der Waals surface area contributed by atoms with Gasteiger partial charge in [0.2, 0.25) is 0 Å². The second-order valence-electron chi connectivity index (χ2n) is 8.62. The largest absolute Gasteiger partial charge is 0.374 e. The minimum absolute atomic E-state index is 0.224. The second-order valence-corrected chi connectivity index (χ2v) is 11.1. The molecule has 0 bridgehead atoms. The third-order valence-corrected chi connectivity index (χ3v) is 7.01. The summed E-state index contributed by atoms with van der Waals surface area (Å²) in [5, 5.41) is 14.6. The molecule has 174 valence electrons. The molecule has 0 aliphatic heterocycles. The molecule has 1 aliphatic carbocycles. The van der Waals surface area contributed by atoms with Crippen LogP contribution in [0, 0.1) is 11.6 Å². The van der Waals surface area contributed by atoms with Crippen molar-refractivity contribution < 1.29 is 13.9 Å². The summed E-state index contributed by atoms with van der Waals surface area (Å²) in [6.07, 6.45) is 6.85. The second kappa shape index (κ2) is 8.66. The van der Waals surface area contributed by atoms with Crippen LogP contribution in [0.2, 0.25) is 5.02 Å². The van der Waals surface area contributed by atoms with Gasteiger partial charge in [-0.25, -0.2) is 18.7 Å². The van der Waals surface area contributed by atoms with Crippen LogP contribution in [0.3, 0.4) is 0 Å². The Morgan fingerprint density at radius 2 is 1.76 bits per heavy atom. The Morgan fingerprint density at radius 3 is 2.38 bits per heavy atom. The number of hydrogen-bond acceptors (Lipinski definition) is 5. The van der Waals surface area contributed by atoms with Crippen LogP contribution in [-0.4, -0.2) is 20.1 Å². The highest BCUT2D eigenvalue weighted by Crippen LogP contribution is 2.47.